The first kappa shape index (κ1) is 16.0. The Balaban J connectivity index is 1.41. The molecule has 4 aromatic rings. The van der Waals surface area contributed by atoms with E-state index < -0.39 is 0 Å². The molecule has 0 unspecified atom stereocenters. The summed E-state index contributed by atoms with van der Waals surface area (Å²) >= 11 is 0. The Hall–Kier alpha value is -3.23. The molecule has 0 aliphatic carbocycles. The highest BCUT2D eigenvalue weighted by Crippen LogP contribution is 2.25. The van der Waals surface area contributed by atoms with E-state index >= 15 is 0 Å². The third-order valence-corrected chi connectivity index (χ3v) is 5.09. The molecule has 1 aliphatic rings. The lowest BCUT2D eigenvalue weighted by molar-refractivity contribution is 0.642. The Morgan fingerprint density at radius 3 is 2.52 bits per heavy atom. The van der Waals surface area contributed by atoms with Gasteiger partial charge in [-0.1, -0.05) is 0 Å². The van der Waals surface area contributed by atoms with Gasteiger partial charge in [0.2, 0.25) is 0 Å². The molecule has 0 saturated carbocycles. The second-order valence-electron chi connectivity index (χ2n) is 6.74. The number of rotatable bonds is 3. The molecule has 0 N–H and O–H groups in total. The molecular formula is C18H21N9. The van der Waals surface area contributed by atoms with Crippen LogP contribution in [0.25, 0.3) is 16.7 Å². The Kier molecular flexibility index (Phi) is 3.66. The summed E-state index contributed by atoms with van der Waals surface area (Å²) in [5.41, 5.74) is 3.82. The van der Waals surface area contributed by atoms with Gasteiger partial charge in [-0.3, -0.25) is 0 Å². The monoisotopic (exact) mass is 363 g/mol. The molecule has 9 heteroatoms. The molecule has 27 heavy (non-hydrogen) atoms. The summed E-state index contributed by atoms with van der Waals surface area (Å²) in [5.74, 6) is 1.90. The van der Waals surface area contributed by atoms with Gasteiger partial charge in [0.05, 0.1) is 12.0 Å². The second kappa shape index (κ2) is 6.19. The quantitative estimate of drug-likeness (QED) is 0.546. The van der Waals surface area contributed by atoms with Crippen molar-refractivity contribution >= 4 is 28.3 Å². The lowest BCUT2D eigenvalue weighted by Crippen LogP contribution is -2.47. The van der Waals surface area contributed by atoms with Crippen molar-refractivity contribution in [2.75, 3.05) is 36.0 Å². The van der Waals surface area contributed by atoms with Crippen molar-refractivity contribution in [1.82, 2.24) is 34.1 Å². The van der Waals surface area contributed by atoms with Crippen molar-refractivity contribution < 1.29 is 0 Å². The standard InChI is InChI=1S/C18H21N9/c1-3-24-12-22-15-17(24)20-11-21-18(15)26-8-6-25(7-9-26)16-14-10-13(2)23-27(14)5-4-19-16/h4-5,10-12H,3,6-9H2,1-2H3. The third-order valence-electron chi connectivity index (χ3n) is 5.09. The maximum atomic E-state index is 4.61. The number of hydrogen-bond acceptors (Lipinski definition) is 7. The Bertz CT molecular complexity index is 1100. The van der Waals surface area contributed by atoms with Gasteiger partial charge in [0.25, 0.3) is 0 Å². The Labute approximate surface area is 156 Å². The van der Waals surface area contributed by atoms with Crippen LogP contribution in [0.2, 0.25) is 0 Å². The van der Waals surface area contributed by atoms with Gasteiger partial charge in [-0.25, -0.2) is 24.5 Å². The molecule has 0 bridgehead atoms. The van der Waals surface area contributed by atoms with E-state index in [4.69, 9.17) is 0 Å². The van der Waals surface area contributed by atoms with E-state index in [1.165, 1.54) is 0 Å². The first-order valence-corrected chi connectivity index (χ1v) is 9.21. The maximum absolute atomic E-state index is 4.61. The van der Waals surface area contributed by atoms with E-state index in [0.717, 1.165) is 66.7 Å². The topological polar surface area (TPSA) is 80.3 Å². The van der Waals surface area contributed by atoms with Gasteiger partial charge in [0.15, 0.2) is 22.8 Å². The highest BCUT2D eigenvalue weighted by Gasteiger charge is 2.23. The fourth-order valence-corrected chi connectivity index (χ4v) is 3.74. The van der Waals surface area contributed by atoms with Gasteiger partial charge < -0.3 is 14.4 Å². The minimum atomic E-state index is 0.848. The largest absolute Gasteiger partial charge is 0.351 e. The summed E-state index contributed by atoms with van der Waals surface area (Å²) in [6.45, 7) is 8.41. The maximum Gasteiger partial charge on any atom is 0.165 e. The summed E-state index contributed by atoms with van der Waals surface area (Å²) in [5, 5.41) is 4.49. The third kappa shape index (κ3) is 2.57. The van der Waals surface area contributed by atoms with E-state index in [0.29, 0.717) is 0 Å². The lowest BCUT2D eigenvalue weighted by Gasteiger charge is -2.36. The smallest absolute Gasteiger partial charge is 0.165 e. The molecule has 1 aliphatic heterocycles. The SMILES string of the molecule is CCn1cnc2c(N3CCN(c4nccn5nc(C)cc45)CC3)ncnc21. The van der Waals surface area contributed by atoms with Crippen LogP contribution in [0.1, 0.15) is 12.6 Å². The predicted molar refractivity (Wildman–Crippen MR) is 103 cm³/mol. The van der Waals surface area contributed by atoms with Gasteiger partial charge in [0.1, 0.15) is 11.8 Å². The van der Waals surface area contributed by atoms with Crippen molar-refractivity contribution in [2.24, 2.45) is 0 Å². The van der Waals surface area contributed by atoms with Gasteiger partial charge in [-0.05, 0) is 19.9 Å². The fourth-order valence-electron chi connectivity index (χ4n) is 3.74. The summed E-state index contributed by atoms with van der Waals surface area (Å²) < 4.78 is 3.94. The molecule has 0 radical (unpaired) electrons. The van der Waals surface area contributed by atoms with Crippen LogP contribution in [0.15, 0.2) is 31.1 Å². The number of hydrogen-bond donors (Lipinski definition) is 0. The van der Waals surface area contributed by atoms with Gasteiger partial charge >= 0.3 is 0 Å². The van der Waals surface area contributed by atoms with E-state index in [9.17, 15) is 0 Å². The molecule has 5 rings (SSSR count). The Morgan fingerprint density at radius 1 is 0.963 bits per heavy atom. The van der Waals surface area contributed by atoms with E-state index in [1.54, 1.807) is 6.33 Å². The van der Waals surface area contributed by atoms with Crippen molar-refractivity contribution in [3.05, 3.63) is 36.8 Å². The van der Waals surface area contributed by atoms with E-state index in [-0.39, 0.29) is 0 Å². The van der Waals surface area contributed by atoms with E-state index in [1.807, 2.05) is 34.7 Å². The van der Waals surface area contributed by atoms with Crippen LogP contribution >= 0.6 is 0 Å². The molecule has 5 heterocycles. The molecule has 1 fully saturated rings. The van der Waals surface area contributed by atoms with Crippen LogP contribution in [0, 0.1) is 6.92 Å². The number of piperazine rings is 1. The van der Waals surface area contributed by atoms with Crippen LogP contribution in [0.5, 0.6) is 0 Å². The first-order valence-electron chi connectivity index (χ1n) is 9.21. The number of aromatic nitrogens is 7. The molecule has 1 saturated heterocycles. The molecule has 138 valence electrons. The first-order chi connectivity index (χ1) is 13.2. The zero-order chi connectivity index (χ0) is 18.4. The summed E-state index contributed by atoms with van der Waals surface area (Å²) in [6, 6.07) is 2.08. The summed E-state index contributed by atoms with van der Waals surface area (Å²) in [4.78, 5) is 22.7. The second-order valence-corrected chi connectivity index (χ2v) is 6.74. The minimum absolute atomic E-state index is 0.848. The van der Waals surface area contributed by atoms with Gasteiger partial charge in [-0.2, -0.15) is 5.10 Å². The lowest BCUT2D eigenvalue weighted by atomic mass is 10.3. The Morgan fingerprint density at radius 2 is 1.74 bits per heavy atom. The number of fused-ring (bicyclic) bond motifs is 2. The van der Waals surface area contributed by atoms with Crippen LogP contribution in [-0.2, 0) is 6.54 Å². The number of anilines is 2. The van der Waals surface area contributed by atoms with Crippen LogP contribution in [0.3, 0.4) is 0 Å². The van der Waals surface area contributed by atoms with Crippen LogP contribution in [-0.4, -0.2) is 60.3 Å². The molecule has 9 nitrogen and oxygen atoms in total. The number of imidazole rings is 1. The highest BCUT2D eigenvalue weighted by atomic mass is 15.3. The fraction of sp³-hybridized carbons (Fsp3) is 0.389. The predicted octanol–water partition coefficient (Wildman–Crippen LogP) is 1.52. The van der Waals surface area contributed by atoms with Crippen molar-refractivity contribution in [3.8, 4) is 0 Å². The van der Waals surface area contributed by atoms with Crippen molar-refractivity contribution in [2.45, 2.75) is 20.4 Å². The zero-order valence-corrected chi connectivity index (χ0v) is 15.4. The van der Waals surface area contributed by atoms with Crippen LogP contribution < -0.4 is 9.80 Å². The normalized spacial score (nSPS) is 15.2. The molecule has 0 aromatic carbocycles. The van der Waals surface area contributed by atoms with Gasteiger partial charge in [-0.15, -0.1) is 0 Å². The summed E-state index contributed by atoms with van der Waals surface area (Å²) in [7, 11) is 0. The zero-order valence-electron chi connectivity index (χ0n) is 15.4. The molecule has 0 amide bonds. The summed E-state index contributed by atoms with van der Waals surface area (Å²) in [6.07, 6.45) is 7.18. The average molecular weight is 363 g/mol. The van der Waals surface area contributed by atoms with Crippen LogP contribution in [0.4, 0.5) is 11.6 Å². The number of nitrogens with zero attached hydrogens (tertiary/aromatic N) is 9. The molecular weight excluding hydrogens is 342 g/mol. The van der Waals surface area contributed by atoms with Crippen molar-refractivity contribution in [1.29, 1.82) is 0 Å². The van der Waals surface area contributed by atoms with Crippen molar-refractivity contribution in [3.63, 3.8) is 0 Å². The molecule has 4 aromatic heterocycles. The van der Waals surface area contributed by atoms with E-state index in [2.05, 4.69) is 47.8 Å². The average Bonchev–Trinajstić information content (AvgIpc) is 3.30. The molecule has 0 atom stereocenters. The van der Waals surface area contributed by atoms with Gasteiger partial charge in [0, 0.05) is 45.1 Å². The molecule has 0 spiro atoms. The minimum Gasteiger partial charge on any atom is -0.351 e. The highest BCUT2D eigenvalue weighted by molar-refractivity contribution is 5.83. The number of aryl methyl sites for hydroxylation is 2.